The first-order chi connectivity index (χ1) is 14.2. The Bertz CT molecular complexity index is 823. The van der Waals surface area contributed by atoms with E-state index in [0.29, 0.717) is 31.6 Å². The molecule has 5 nitrogen and oxygen atoms in total. The summed E-state index contributed by atoms with van der Waals surface area (Å²) in [5, 5.41) is 9.66. The molecule has 3 unspecified atom stereocenters. The van der Waals surface area contributed by atoms with Gasteiger partial charge in [0, 0.05) is 18.3 Å². The van der Waals surface area contributed by atoms with E-state index in [2.05, 4.69) is 19.9 Å². The van der Waals surface area contributed by atoms with Crippen LogP contribution in [0.25, 0.3) is 0 Å². The minimum absolute atomic E-state index is 0.0639. The second kappa shape index (κ2) is 7.74. The number of ether oxygens (including phenoxy) is 1. The van der Waals surface area contributed by atoms with Crippen LogP contribution in [0.4, 0.5) is 0 Å². The normalized spacial score (nSPS) is 39.9. The summed E-state index contributed by atoms with van der Waals surface area (Å²) < 4.78 is 5.82. The number of Topliss-reactive ketones (excluding diaryl/α,β-unsaturated/α-hetero) is 1. The number of aliphatic hydroxyl groups excluding tert-OH is 1. The van der Waals surface area contributed by atoms with Gasteiger partial charge in [-0.1, -0.05) is 38.0 Å². The van der Waals surface area contributed by atoms with E-state index in [0.717, 1.165) is 25.7 Å². The van der Waals surface area contributed by atoms with Crippen LogP contribution in [0.15, 0.2) is 23.3 Å². The van der Waals surface area contributed by atoms with Gasteiger partial charge in [-0.2, -0.15) is 0 Å². The number of allylic oxidation sites excluding steroid dienone is 4. The molecule has 0 aromatic heterocycles. The molecule has 0 aromatic rings. The lowest BCUT2D eigenvalue weighted by Gasteiger charge is -2.53. The molecule has 0 aromatic carbocycles. The molecule has 4 rings (SSSR count). The molecule has 0 heterocycles. The molecule has 0 amide bonds. The van der Waals surface area contributed by atoms with E-state index < -0.39 is 18.6 Å². The Hall–Kier alpha value is -1.75. The van der Waals surface area contributed by atoms with Gasteiger partial charge < -0.3 is 9.84 Å². The lowest BCUT2D eigenvalue weighted by molar-refractivity contribution is -0.154. The third-order valence-electron chi connectivity index (χ3n) is 8.58. The van der Waals surface area contributed by atoms with Gasteiger partial charge in [-0.15, -0.1) is 0 Å². The highest BCUT2D eigenvalue weighted by Crippen LogP contribution is 2.65. The summed E-state index contributed by atoms with van der Waals surface area (Å²) in [6.45, 7) is 5.85. The maximum Gasteiger partial charge on any atom is 0.306 e. The maximum absolute atomic E-state index is 12.8. The summed E-state index contributed by atoms with van der Waals surface area (Å²) in [6, 6.07) is 0. The zero-order valence-corrected chi connectivity index (χ0v) is 18.4. The number of fused-ring (bicyclic) bond motifs is 5. The zero-order valence-electron chi connectivity index (χ0n) is 18.4. The van der Waals surface area contributed by atoms with Crippen molar-refractivity contribution in [3.63, 3.8) is 0 Å². The second-order valence-electron chi connectivity index (χ2n) is 10.2. The standard InChI is InChI=1S/C25H34O5/c1-4-5-22(29)30-21-13-19-17-7-6-15-12-16(27)8-10-24(15,2)18(17)9-11-25(19,3)23(21)20(28)14-26/h9,12,17,19,21,23,26H,4-8,10-11,13-14H2,1-3H3/t17?,19?,21-,23?,24-,25-/m0/s1. The first-order valence-electron chi connectivity index (χ1n) is 11.5. The Morgan fingerprint density at radius 1 is 1.27 bits per heavy atom. The van der Waals surface area contributed by atoms with Crippen molar-refractivity contribution in [2.24, 2.45) is 28.6 Å². The molecule has 2 fully saturated rings. The van der Waals surface area contributed by atoms with Crippen molar-refractivity contribution >= 4 is 17.5 Å². The minimum atomic E-state index is -0.511. The van der Waals surface area contributed by atoms with Crippen molar-refractivity contribution in [2.75, 3.05) is 6.61 Å². The molecular formula is C25H34O5. The van der Waals surface area contributed by atoms with Crippen LogP contribution in [0.3, 0.4) is 0 Å². The predicted molar refractivity (Wildman–Crippen MR) is 112 cm³/mol. The van der Waals surface area contributed by atoms with Crippen LogP contribution in [0.5, 0.6) is 0 Å². The predicted octanol–water partition coefficient (Wildman–Crippen LogP) is 3.94. The van der Waals surface area contributed by atoms with Crippen molar-refractivity contribution in [3.8, 4) is 0 Å². The Morgan fingerprint density at radius 3 is 2.73 bits per heavy atom. The lowest BCUT2D eigenvalue weighted by Crippen LogP contribution is -2.46. The Balaban J connectivity index is 1.68. The van der Waals surface area contributed by atoms with E-state index in [1.807, 2.05) is 13.0 Å². The fraction of sp³-hybridized carbons (Fsp3) is 0.720. The van der Waals surface area contributed by atoms with Crippen molar-refractivity contribution in [3.05, 3.63) is 23.3 Å². The van der Waals surface area contributed by atoms with E-state index in [1.165, 1.54) is 11.1 Å². The average molecular weight is 415 g/mol. The number of carbonyl (C=O) groups is 3. The molecule has 6 atom stereocenters. The summed E-state index contributed by atoms with van der Waals surface area (Å²) >= 11 is 0. The van der Waals surface area contributed by atoms with Gasteiger partial charge >= 0.3 is 5.97 Å². The van der Waals surface area contributed by atoms with E-state index in [1.54, 1.807) is 0 Å². The fourth-order valence-corrected chi connectivity index (χ4v) is 7.07. The van der Waals surface area contributed by atoms with E-state index in [4.69, 9.17) is 4.74 Å². The fourth-order valence-electron chi connectivity index (χ4n) is 7.07. The molecule has 164 valence electrons. The summed E-state index contributed by atoms with van der Waals surface area (Å²) in [6.07, 6.45) is 9.56. The largest absolute Gasteiger partial charge is 0.462 e. The molecule has 0 saturated heterocycles. The molecule has 5 heteroatoms. The van der Waals surface area contributed by atoms with Gasteiger partial charge in [0.25, 0.3) is 0 Å². The van der Waals surface area contributed by atoms with Crippen LogP contribution in [0, 0.1) is 28.6 Å². The van der Waals surface area contributed by atoms with E-state index >= 15 is 0 Å². The van der Waals surface area contributed by atoms with Crippen LogP contribution < -0.4 is 0 Å². The van der Waals surface area contributed by atoms with Crippen molar-refractivity contribution < 1.29 is 24.2 Å². The average Bonchev–Trinajstić information content (AvgIpc) is 3.00. The molecule has 0 bridgehead atoms. The van der Waals surface area contributed by atoms with Crippen molar-refractivity contribution in [1.82, 2.24) is 0 Å². The zero-order chi connectivity index (χ0) is 21.7. The highest BCUT2D eigenvalue weighted by atomic mass is 16.5. The maximum atomic E-state index is 12.8. The summed E-state index contributed by atoms with van der Waals surface area (Å²) in [7, 11) is 0. The van der Waals surface area contributed by atoms with Gasteiger partial charge in [0.1, 0.15) is 12.7 Å². The number of hydrogen-bond acceptors (Lipinski definition) is 5. The summed E-state index contributed by atoms with van der Waals surface area (Å²) in [5.41, 5.74) is 2.31. The second-order valence-corrected chi connectivity index (χ2v) is 10.2. The molecular weight excluding hydrogens is 380 g/mol. The monoisotopic (exact) mass is 414 g/mol. The van der Waals surface area contributed by atoms with Crippen LogP contribution in [0.1, 0.15) is 72.1 Å². The smallest absolute Gasteiger partial charge is 0.306 e. The molecule has 2 saturated carbocycles. The quantitative estimate of drug-likeness (QED) is 0.544. The first kappa shape index (κ1) is 21.5. The van der Waals surface area contributed by atoms with Crippen LogP contribution >= 0.6 is 0 Å². The van der Waals surface area contributed by atoms with E-state index in [9.17, 15) is 19.5 Å². The Labute approximate surface area is 178 Å². The highest BCUT2D eigenvalue weighted by molar-refractivity contribution is 5.92. The number of hydrogen-bond donors (Lipinski definition) is 1. The first-order valence-corrected chi connectivity index (χ1v) is 11.5. The molecule has 1 N–H and O–H groups in total. The van der Waals surface area contributed by atoms with Gasteiger partial charge in [0.05, 0.1) is 5.92 Å². The molecule has 4 aliphatic rings. The Kier molecular flexibility index (Phi) is 5.54. The molecule has 30 heavy (non-hydrogen) atoms. The topological polar surface area (TPSA) is 80.7 Å². The molecule has 0 spiro atoms. The summed E-state index contributed by atoms with van der Waals surface area (Å²) in [4.78, 5) is 37.1. The Morgan fingerprint density at radius 2 is 2.03 bits per heavy atom. The van der Waals surface area contributed by atoms with Crippen LogP contribution in [-0.4, -0.2) is 35.4 Å². The number of ketones is 2. The third kappa shape index (κ3) is 3.21. The van der Waals surface area contributed by atoms with Crippen LogP contribution in [0.2, 0.25) is 0 Å². The van der Waals surface area contributed by atoms with Gasteiger partial charge in [-0.05, 0) is 61.9 Å². The number of carbonyl (C=O) groups excluding carboxylic acids is 3. The molecule has 0 aliphatic heterocycles. The van der Waals surface area contributed by atoms with Gasteiger partial charge in [-0.25, -0.2) is 0 Å². The van der Waals surface area contributed by atoms with Crippen molar-refractivity contribution in [1.29, 1.82) is 0 Å². The molecule has 0 radical (unpaired) electrons. The van der Waals surface area contributed by atoms with Gasteiger partial charge in [0.15, 0.2) is 11.6 Å². The third-order valence-corrected chi connectivity index (χ3v) is 8.58. The van der Waals surface area contributed by atoms with Crippen molar-refractivity contribution in [2.45, 2.75) is 78.2 Å². The number of rotatable bonds is 5. The van der Waals surface area contributed by atoms with Gasteiger partial charge in [0.2, 0.25) is 0 Å². The molecule has 4 aliphatic carbocycles. The van der Waals surface area contributed by atoms with Crippen LogP contribution in [-0.2, 0) is 19.1 Å². The number of esters is 1. The minimum Gasteiger partial charge on any atom is -0.462 e. The highest BCUT2D eigenvalue weighted by Gasteiger charge is 2.61. The SMILES string of the molecule is CCCC(=O)O[C@H]1CC2C3CCC4=CC(=O)CC[C@]4(C)C3=CC[C@]2(C)C1C(=O)CO. The summed E-state index contributed by atoms with van der Waals surface area (Å²) in [5.74, 6) is -0.1000. The number of aliphatic hydroxyl groups is 1. The van der Waals surface area contributed by atoms with Gasteiger partial charge in [-0.3, -0.25) is 14.4 Å². The van der Waals surface area contributed by atoms with E-state index in [-0.39, 0.29) is 34.3 Å². The lowest BCUT2D eigenvalue weighted by atomic mass is 9.51.